The summed E-state index contributed by atoms with van der Waals surface area (Å²) in [5.41, 5.74) is 1.00. The Bertz CT molecular complexity index is 416. The molecule has 1 aromatic heterocycles. The monoisotopic (exact) mass is 239 g/mol. The molecule has 1 N–H and O–H groups in total. The first-order chi connectivity index (χ1) is 7.65. The van der Waals surface area contributed by atoms with Crippen LogP contribution in [0.4, 0.5) is 0 Å². The third-order valence-electron chi connectivity index (χ3n) is 2.39. The van der Waals surface area contributed by atoms with Crippen LogP contribution in [-0.4, -0.2) is 41.3 Å². The number of aromatic nitrogens is 1. The summed E-state index contributed by atoms with van der Waals surface area (Å²) in [5, 5.41) is 5.52. The molecule has 0 aliphatic carbocycles. The van der Waals surface area contributed by atoms with Gasteiger partial charge in [-0.15, -0.1) is 11.3 Å². The van der Waals surface area contributed by atoms with Gasteiger partial charge in [-0.2, -0.15) is 0 Å². The predicted octanol–water partition coefficient (Wildman–Crippen LogP) is -0.0476. The third kappa shape index (κ3) is 2.57. The number of hydrogen-bond acceptors (Lipinski definition) is 4. The largest absolute Gasteiger partial charge is 0.345 e. The van der Waals surface area contributed by atoms with E-state index in [-0.39, 0.29) is 24.9 Å². The minimum absolute atomic E-state index is 0.0205. The van der Waals surface area contributed by atoms with Crippen molar-refractivity contribution >= 4 is 23.2 Å². The van der Waals surface area contributed by atoms with E-state index in [0.717, 1.165) is 17.1 Å². The number of nitrogens with zero attached hydrogens (tertiary/aromatic N) is 2. The van der Waals surface area contributed by atoms with Crippen LogP contribution in [0.2, 0.25) is 0 Å². The quantitative estimate of drug-likeness (QED) is 0.804. The second-order valence-corrected chi connectivity index (χ2v) is 4.67. The van der Waals surface area contributed by atoms with Gasteiger partial charge in [0, 0.05) is 24.0 Å². The van der Waals surface area contributed by atoms with Crippen molar-refractivity contribution < 1.29 is 9.59 Å². The zero-order valence-electron chi connectivity index (χ0n) is 9.02. The average Bonchev–Trinajstić information content (AvgIpc) is 2.66. The van der Waals surface area contributed by atoms with Gasteiger partial charge < -0.3 is 10.2 Å². The highest BCUT2D eigenvalue weighted by atomic mass is 32.1. The highest BCUT2D eigenvalue weighted by molar-refractivity contribution is 7.09. The van der Waals surface area contributed by atoms with Crippen LogP contribution in [0.15, 0.2) is 5.38 Å². The maximum absolute atomic E-state index is 11.5. The standard InChI is InChI=1S/C10H13N3O2S/c1-7-6-16-9(12-7)2-3-13-5-8(14)11-4-10(13)15/h6H,2-5H2,1H3,(H,11,14). The molecule has 0 saturated carbocycles. The molecule has 1 saturated heterocycles. The number of amides is 2. The zero-order chi connectivity index (χ0) is 11.5. The molecule has 0 bridgehead atoms. The molecule has 86 valence electrons. The van der Waals surface area contributed by atoms with E-state index in [9.17, 15) is 9.59 Å². The topological polar surface area (TPSA) is 62.3 Å². The maximum Gasteiger partial charge on any atom is 0.242 e. The highest BCUT2D eigenvalue weighted by Gasteiger charge is 2.22. The fraction of sp³-hybridized carbons (Fsp3) is 0.500. The van der Waals surface area contributed by atoms with Gasteiger partial charge in [-0.05, 0) is 6.92 Å². The molecule has 5 nitrogen and oxygen atoms in total. The smallest absolute Gasteiger partial charge is 0.242 e. The van der Waals surface area contributed by atoms with Crippen LogP contribution in [0.3, 0.4) is 0 Å². The van der Waals surface area contributed by atoms with Crippen LogP contribution in [0.25, 0.3) is 0 Å². The summed E-state index contributed by atoms with van der Waals surface area (Å²) >= 11 is 1.59. The van der Waals surface area contributed by atoms with Gasteiger partial charge in [0.15, 0.2) is 0 Å². The zero-order valence-corrected chi connectivity index (χ0v) is 9.84. The maximum atomic E-state index is 11.5. The summed E-state index contributed by atoms with van der Waals surface area (Å²) in [6.07, 6.45) is 0.720. The van der Waals surface area contributed by atoms with E-state index in [4.69, 9.17) is 0 Å². The lowest BCUT2D eigenvalue weighted by Gasteiger charge is -2.26. The van der Waals surface area contributed by atoms with Gasteiger partial charge in [0.25, 0.3) is 0 Å². The number of carbonyl (C=O) groups excluding carboxylic acids is 2. The molecule has 1 aliphatic rings. The molecule has 0 unspecified atom stereocenters. The molecule has 1 aromatic rings. The summed E-state index contributed by atoms with van der Waals surface area (Å²) in [4.78, 5) is 28.5. The number of aryl methyl sites for hydroxylation is 1. The molecule has 0 aromatic carbocycles. The fourth-order valence-electron chi connectivity index (χ4n) is 1.56. The van der Waals surface area contributed by atoms with Crippen LogP contribution in [0, 0.1) is 6.92 Å². The van der Waals surface area contributed by atoms with Crippen LogP contribution < -0.4 is 5.32 Å². The van der Waals surface area contributed by atoms with E-state index >= 15 is 0 Å². The first-order valence-electron chi connectivity index (χ1n) is 5.10. The molecule has 0 radical (unpaired) electrons. The Morgan fingerprint density at radius 3 is 3.06 bits per heavy atom. The van der Waals surface area contributed by atoms with Gasteiger partial charge >= 0.3 is 0 Å². The van der Waals surface area contributed by atoms with Crippen molar-refractivity contribution in [3.8, 4) is 0 Å². The fourth-order valence-corrected chi connectivity index (χ4v) is 2.32. The Hall–Kier alpha value is -1.43. The van der Waals surface area contributed by atoms with Gasteiger partial charge in [0.1, 0.15) is 0 Å². The molecule has 1 aliphatic heterocycles. The van der Waals surface area contributed by atoms with Crippen molar-refractivity contribution in [3.63, 3.8) is 0 Å². The van der Waals surface area contributed by atoms with E-state index < -0.39 is 0 Å². The van der Waals surface area contributed by atoms with Gasteiger partial charge in [-0.1, -0.05) is 0 Å². The molecule has 0 spiro atoms. The Morgan fingerprint density at radius 1 is 1.56 bits per heavy atom. The summed E-state index contributed by atoms with van der Waals surface area (Å²) in [6, 6.07) is 0. The number of thiazole rings is 1. The van der Waals surface area contributed by atoms with E-state index in [1.165, 1.54) is 0 Å². The van der Waals surface area contributed by atoms with Crippen molar-refractivity contribution in [2.24, 2.45) is 0 Å². The number of carbonyl (C=O) groups is 2. The molecular formula is C10H13N3O2S. The third-order valence-corrected chi connectivity index (χ3v) is 3.41. The van der Waals surface area contributed by atoms with Crippen molar-refractivity contribution in [3.05, 3.63) is 16.1 Å². The molecule has 2 amide bonds. The number of piperazine rings is 1. The highest BCUT2D eigenvalue weighted by Crippen LogP contribution is 2.10. The predicted molar refractivity (Wildman–Crippen MR) is 60.1 cm³/mol. The van der Waals surface area contributed by atoms with E-state index in [0.29, 0.717) is 6.54 Å². The Kier molecular flexibility index (Phi) is 3.19. The molecule has 2 rings (SSSR count). The SMILES string of the molecule is Cc1csc(CCN2CC(=O)NCC2=O)n1. The molecule has 6 heteroatoms. The lowest BCUT2D eigenvalue weighted by atomic mass is 10.3. The number of rotatable bonds is 3. The summed E-state index contributed by atoms with van der Waals surface area (Å²) in [6.45, 7) is 2.80. The number of nitrogens with one attached hydrogen (secondary N) is 1. The van der Waals surface area contributed by atoms with Crippen LogP contribution >= 0.6 is 11.3 Å². The molecule has 0 atom stereocenters. The van der Waals surface area contributed by atoms with Crippen molar-refractivity contribution in [1.82, 2.24) is 15.2 Å². The second-order valence-electron chi connectivity index (χ2n) is 3.72. The molecular weight excluding hydrogens is 226 g/mol. The van der Waals surface area contributed by atoms with Crippen LogP contribution in [-0.2, 0) is 16.0 Å². The minimum atomic E-state index is -0.0880. The number of hydrogen-bond donors (Lipinski definition) is 1. The first kappa shape index (κ1) is 11.1. The average molecular weight is 239 g/mol. The van der Waals surface area contributed by atoms with Gasteiger partial charge in [0.2, 0.25) is 11.8 Å². The summed E-state index contributed by atoms with van der Waals surface area (Å²) < 4.78 is 0. The van der Waals surface area contributed by atoms with Crippen molar-refractivity contribution in [2.75, 3.05) is 19.6 Å². The van der Waals surface area contributed by atoms with E-state index in [2.05, 4.69) is 10.3 Å². The summed E-state index contributed by atoms with van der Waals surface area (Å²) in [7, 11) is 0. The van der Waals surface area contributed by atoms with Crippen molar-refractivity contribution in [2.45, 2.75) is 13.3 Å². The normalized spacial score (nSPS) is 16.4. The Morgan fingerprint density at radius 2 is 2.38 bits per heavy atom. The Labute approximate surface area is 97.5 Å². The Balaban J connectivity index is 1.89. The van der Waals surface area contributed by atoms with Crippen molar-refractivity contribution in [1.29, 1.82) is 0 Å². The van der Waals surface area contributed by atoms with E-state index in [1.807, 2.05) is 12.3 Å². The van der Waals surface area contributed by atoms with Gasteiger partial charge in [0.05, 0.1) is 18.1 Å². The minimum Gasteiger partial charge on any atom is -0.345 e. The summed E-state index contributed by atoms with van der Waals surface area (Å²) in [5.74, 6) is -0.109. The first-order valence-corrected chi connectivity index (χ1v) is 5.98. The van der Waals surface area contributed by atoms with Crippen LogP contribution in [0.1, 0.15) is 10.7 Å². The van der Waals surface area contributed by atoms with Crippen LogP contribution in [0.5, 0.6) is 0 Å². The second kappa shape index (κ2) is 4.61. The lowest BCUT2D eigenvalue weighted by molar-refractivity contribution is -0.140. The van der Waals surface area contributed by atoms with Gasteiger partial charge in [-0.3, -0.25) is 9.59 Å². The van der Waals surface area contributed by atoms with Gasteiger partial charge in [-0.25, -0.2) is 4.98 Å². The molecule has 1 fully saturated rings. The molecule has 2 heterocycles. The van der Waals surface area contributed by atoms with E-state index in [1.54, 1.807) is 16.2 Å². The lowest BCUT2D eigenvalue weighted by Crippen LogP contribution is -2.51. The molecule has 16 heavy (non-hydrogen) atoms.